The lowest BCUT2D eigenvalue weighted by molar-refractivity contribution is 0.220. The molecule has 2 amide bonds. The fourth-order valence-corrected chi connectivity index (χ4v) is 2.50. The molecule has 0 spiro atoms. The number of hydrogen-bond donors (Lipinski definition) is 1. The Labute approximate surface area is 146 Å². The van der Waals surface area contributed by atoms with Gasteiger partial charge >= 0.3 is 6.03 Å². The van der Waals surface area contributed by atoms with Crippen LogP contribution in [0.1, 0.15) is 11.1 Å². The maximum absolute atomic E-state index is 12.3. The number of amides is 2. The number of nitrogens with zero attached hydrogens (tertiary/aromatic N) is 1. The number of anilines is 1. The van der Waals surface area contributed by atoms with Crippen LogP contribution in [0.2, 0.25) is 10.0 Å². The summed E-state index contributed by atoms with van der Waals surface area (Å²) in [6, 6.07) is 10.7. The smallest absolute Gasteiger partial charge is 0.321 e. The van der Waals surface area contributed by atoms with Crippen LogP contribution in [0.25, 0.3) is 0 Å². The minimum atomic E-state index is -0.239. The molecule has 0 aliphatic rings. The number of urea groups is 1. The number of nitrogens with one attached hydrogen (secondary N) is 1. The van der Waals surface area contributed by atoms with E-state index in [-0.39, 0.29) is 6.03 Å². The van der Waals surface area contributed by atoms with Gasteiger partial charge in [0.15, 0.2) is 0 Å². The van der Waals surface area contributed by atoms with Gasteiger partial charge in [-0.3, -0.25) is 0 Å². The van der Waals surface area contributed by atoms with Crippen molar-refractivity contribution in [1.29, 1.82) is 0 Å². The van der Waals surface area contributed by atoms with Gasteiger partial charge in [0, 0.05) is 29.3 Å². The van der Waals surface area contributed by atoms with Gasteiger partial charge < -0.3 is 15.0 Å². The summed E-state index contributed by atoms with van der Waals surface area (Å²) in [7, 11) is 3.34. The van der Waals surface area contributed by atoms with E-state index in [1.54, 1.807) is 31.2 Å². The predicted octanol–water partition coefficient (Wildman–Crippen LogP) is 4.97. The van der Waals surface area contributed by atoms with Crippen LogP contribution in [0.3, 0.4) is 0 Å². The summed E-state index contributed by atoms with van der Waals surface area (Å²) in [6.45, 7) is 2.30. The molecule has 0 fully saturated rings. The van der Waals surface area contributed by atoms with Gasteiger partial charge in [0.2, 0.25) is 0 Å². The summed E-state index contributed by atoms with van der Waals surface area (Å²) in [5, 5.41) is 3.82. The van der Waals surface area contributed by atoms with E-state index in [9.17, 15) is 4.79 Å². The Morgan fingerprint density at radius 3 is 2.26 bits per heavy atom. The Bertz CT molecular complexity index is 679. The molecule has 0 aliphatic carbocycles. The monoisotopic (exact) mass is 352 g/mol. The maximum Gasteiger partial charge on any atom is 0.321 e. The molecule has 0 radical (unpaired) electrons. The molecule has 0 bridgehead atoms. The van der Waals surface area contributed by atoms with E-state index in [0.29, 0.717) is 22.3 Å². The molecular formula is C17H18Cl2N2O2. The lowest BCUT2D eigenvalue weighted by Gasteiger charge is -2.19. The van der Waals surface area contributed by atoms with E-state index < -0.39 is 0 Å². The van der Waals surface area contributed by atoms with E-state index in [4.69, 9.17) is 27.9 Å². The number of halogens is 2. The highest BCUT2D eigenvalue weighted by Gasteiger charge is 2.11. The molecule has 23 heavy (non-hydrogen) atoms. The Balaban J connectivity index is 2.02. The van der Waals surface area contributed by atoms with Crippen LogP contribution in [-0.2, 0) is 6.54 Å². The lowest BCUT2D eigenvalue weighted by Crippen LogP contribution is -2.30. The molecule has 2 aromatic rings. The number of ether oxygens (including phenoxy) is 1. The molecular weight excluding hydrogens is 335 g/mol. The Morgan fingerprint density at radius 1 is 1.17 bits per heavy atom. The molecule has 0 saturated carbocycles. The van der Waals surface area contributed by atoms with E-state index in [1.165, 1.54) is 0 Å². The summed E-state index contributed by atoms with van der Waals surface area (Å²) >= 11 is 12.2. The molecule has 0 aromatic heterocycles. The van der Waals surface area contributed by atoms with E-state index in [0.717, 1.165) is 16.9 Å². The maximum atomic E-state index is 12.3. The second kappa shape index (κ2) is 7.57. The minimum absolute atomic E-state index is 0.239. The average molecular weight is 353 g/mol. The highest BCUT2D eigenvalue weighted by Crippen LogP contribution is 2.28. The van der Waals surface area contributed by atoms with Gasteiger partial charge in [-0.2, -0.15) is 0 Å². The highest BCUT2D eigenvalue weighted by molar-refractivity contribution is 6.36. The van der Waals surface area contributed by atoms with Gasteiger partial charge in [0.05, 0.1) is 7.11 Å². The fraction of sp³-hybridized carbons (Fsp3) is 0.235. The predicted molar refractivity (Wildman–Crippen MR) is 94.7 cm³/mol. The highest BCUT2D eigenvalue weighted by atomic mass is 35.5. The lowest BCUT2D eigenvalue weighted by atomic mass is 10.2. The first-order valence-electron chi connectivity index (χ1n) is 7.01. The van der Waals surface area contributed by atoms with Gasteiger partial charge in [-0.15, -0.1) is 0 Å². The summed E-state index contributed by atoms with van der Waals surface area (Å²) in [6.07, 6.45) is 0. The van der Waals surface area contributed by atoms with Crippen LogP contribution in [0, 0.1) is 6.92 Å². The van der Waals surface area contributed by atoms with Crippen LogP contribution in [0.15, 0.2) is 36.4 Å². The standard InChI is InChI=1S/C17H18Cl2N2O2/c1-11-15(18)8-13(9-16(11)19)20-17(22)21(2)10-12-4-6-14(23-3)7-5-12/h4-9H,10H2,1-3H3,(H,20,22). The van der Waals surface area contributed by atoms with E-state index in [1.807, 2.05) is 31.2 Å². The number of methoxy groups -OCH3 is 1. The first-order chi connectivity index (χ1) is 10.9. The van der Waals surface area contributed by atoms with E-state index >= 15 is 0 Å². The van der Waals surface area contributed by atoms with Gasteiger partial charge in [-0.1, -0.05) is 35.3 Å². The van der Waals surface area contributed by atoms with Crippen LogP contribution in [0.4, 0.5) is 10.5 Å². The van der Waals surface area contributed by atoms with Crippen molar-refractivity contribution in [3.63, 3.8) is 0 Å². The van der Waals surface area contributed by atoms with Gasteiger partial charge in [-0.05, 0) is 42.3 Å². The van der Waals surface area contributed by atoms with Crippen molar-refractivity contribution in [2.24, 2.45) is 0 Å². The minimum Gasteiger partial charge on any atom is -0.497 e. The molecule has 0 aliphatic heterocycles. The SMILES string of the molecule is COc1ccc(CN(C)C(=O)Nc2cc(Cl)c(C)c(Cl)c2)cc1. The fourth-order valence-electron chi connectivity index (χ4n) is 2.01. The van der Waals surface area contributed by atoms with Gasteiger partial charge in [0.25, 0.3) is 0 Å². The summed E-state index contributed by atoms with van der Waals surface area (Å²) in [4.78, 5) is 13.8. The number of benzene rings is 2. The number of carbonyl (C=O) groups is 1. The molecule has 6 heteroatoms. The number of carbonyl (C=O) groups excluding carboxylic acids is 1. The Hall–Kier alpha value is -1.91. The summed E-state index contributed by atoms with van der Waals surface area (Å²) in [5.74, 6) is 0.782. The van der Waals surface area contributed by atoms with E-state index in [2.05, 4.69) is 5.32 Å². The van der Waals surface area contributed by atoms with Crippen molar-refractivity contribution in [3.05, 3.63) is 57.6 Å². The topological polar surface area (TPSA) is 41.6 Å². The molecule has 0 heterocycles. The molecule has 0 saturated heterocycles. The van der Waals surface area contributed by atoms with Crippen molar-refractivity contribution >= 4 is 34.9 Å². The van der Waals surface area contributed by atoms with Crippen LogP contribution >= 0.6 is 23.2 Å². The summed E-state index contributed by atoms with van der Waals surface area (Å²) < 4.78 is 5.11. The third-order valence-electron chi connectivity index (χ3n) is 3.46. The van der Waals surface area contributed by atoms with Gasteiger partial charge in [0.1, 0.15) is 5.75 Å². The second-order valence-corrected chi connectivity index (χ2v) is 6.01. The first-order valence-corrected chi connectivity index (χ1v) is 7.77. The van der Waals surface area contributed by atoms with Crippen LogP contribution in [0.5, 0.6) is 5.75 Å². The third-order valence-corrected chi connectivity index (χ3v) is 4.24. The van der Waals surface area contributed by atoms with Crippen LogP contribution < -0.4 is 10.1 Å². The molecule has 4 nitrogen and oxygen atoms in total. The van der Waals surface area contributed by atoms with Crippen molar-refractivity contribution in [1.82, 2.24) is 4.90 Å². The summed E-state index contributed by atoms with van der Waals surface area (Å²) in [5.41, 5.74) is 2.36. The zero-order chi connectivity index (χ0) is 17.0. The molecule has 0 unspecified atom stereocenters. The molecule has 0 atom stereocenters. The number of hydrogen-bond acceptors (Lipinski definition) is 2. The first kappa shape index (κ1) is 17.4. The van der Waals surface area contributed by atoms with Crippen molar-refractivity contribution in [2.45, 2.75) is 13.5 Å². The molecule has 2 aromatic carbocycles. The zero-order valence-electron chi connectivity index (χ0n) is 13.2. The largest absolute Gasteiger partial charge is 0.497 e. The van der Waals surface area contributed by atoms with Crippen molar-refractivity contribution < 1.29 is 9.53 Å². The van der Waals surface area contributed by atoms with Gasteiger partial charge in [-0.25, -0.2) is 4.79 Å². The third kappa shape index (κ3) is 4.53. The second-order valence-electron chi connectivity index (χ2n) is 5.20. The number of rotatable bonds is 4. The van der Waals surface area contributed by atoms with Crippen molar-refractivity contribution in [3.8, 4) is 5.75 Å². The molecule has 2 rings (SSSR count). The zero-order valence-corrected chi connectivity index (χ0v) is 14.7. The van der Waals surface area contributed by atoms with Crippen molar-refractivity contribution in [2.75, 3.05) is 19.5 Å². The average Bonchev–Trinajstić information content (AvgIpc) is 2.53. The molecule has 122 valence electrons. The van der Waals surface area contributed by atoms with Crippen LogP contribution in [-0.4, -0.2) is 25.1 Å². The normalized spacial score (nSPS) is 10.3. The Morgan fingerprint density at radius 2 is 1.74 bits per heavy atom. The Kier molecular flexibility index (Phi) is 5.74. The molecule has 1 N–H and O–H groups in total. The quantitative estimate of drug-likeness (QED) is 0.843.